The van der Waals surface area contributed by atoms with Gasteiger partial charge in [0.2, 0.25) is 5.05 Å². The minimum Gasteiger partial charge on any atom is -0.497 e. The van der Waals surface area contributed by atoms with Gasteiger partial charge in [-0.25, -0.2) is 4.98 Å². The number of aliphatic hydroxyl groups excluding tert-OH is 1. The van der Waals surface area contributed by atoms with Crippen molar-refractivity contribution < 1.29 is 5.11 Å². The molecule has 0 radical (unpaired) electrons. The van der Waals surface area contributed by atoms with E-state index in [0.717, 1.165) is 17.8 Å². The van der Waals surface area contributed by atoms with Gasteiger partial charge in [0.1, 0.15) is 0 Å². The van der Waals surface area contributed by atoms with Gasteiger partial charge in [0.05, 0.1) is 0 Å². The van der Waals surface area contributed by atoms with Crippen molar-refractivity contribution in [1.82, 2.24) is 10.3 Å². The van der Waals surface area contributed by atoms with Gasteiger partial charge in [0.25, 0.3) is 0 Å². The van der Waals surface area contributed by atoms with E-state index in [1.54, 1.807) is 0 Å². The van der Waals surface area contributed by atoms with Crippen LogP contribution in [0.15, 0.2) is 5.38 Å². The van der Waals surface area contributed by atoms with Crippen molar-refractivity contribution in [3.63, 3.8) is 0 Å². The minimum atomic E-state index is -0.117. The van der Waals surface area contributed by atoms with Crippen LogP contribution in [0.25, 0.3) is 0 Å². The van der Waals surface area contributed by atoms with Crippen LogP contribution in [0.4, 0.5) is 0 Å². The molecule has 2 fully saturated rings. The van der Waals surface area contributed by atoms with Gasteiger partial charge in [-0.2, -0.15) is 0 Å². The number of rotatable bonds is 3. The van der Waals surface area contributed by atoms with Gasteiger partial charge in [0, 0.05) is 23.2 Å². The molecule has 0 bridgehead atoms. The maximum absolute atomic E-state index is 8.72. The maximum atomic E-state index is 8.72. The molecule has 0 saturated heterocycles. The molecule has 0 amide bonds. The molecule has 0 atom stereocenters. The van der Waals surface area contributed by atoms with Crippen molar-refractivity contribution in [2.45, 2.75) is 83.2 Å². The first kappa shape index (κ1) is 17.8. The Morgan fingerprint density at radius 2 is 1.59 bits per heavy atom. The first-order chi connectivity index (χ1) is 10.6. The number of hydrogen-bond donors (Lipinski definition) is 2. The highest BCUT2D eigenvalue weighted by molar-refractivity contribution is 7.80. The van der Waals surface area contributed by atoms with Gasteiger partial charge in [0.15, 0.2) is 5.01 Å². The number of aromatic nitrogens is 1. The number of aliphatic hydroxyl groups is 1. The highest BCUT2D eigenvalue weighted by Crippen LogP contribution is 2.22. The van der Waals surface area contributed by atoms with Crippen molar-refractivity contribution in [2.24, 2.45) is 0 Å². The fourth-order valence-corrected chi connectivity index (χ4v) is 4.15. The predicted octanol–water partition coefficient (Wildman–Crippen LogP) is 4.93. The Bertz CT molecular complexity index is 433. The lowest BCUT2D eigenvalue weighted by Gasteiger charge is -2.30. The first-order valence-corrected chi connectivity index (χ1v) is 9.85. The summed E-state index contributed by atoms with van der Waals surface area (Å²) in [5.74, 6) is 0. The van der Waals surface area contributed by atoms with Crippen LogP contribution in [-0.4, -0.2) is 27.2 Å². The fourth-order valence-electron chi connectivity index (χ4n) is 3.32. The van der Waals surface area contributed by atoms with Crippen molar-refractivity contribution >= 4 is 28.6 Å². The Labute approximate surface area is 143 Å². The van der Waals surface area contributed by atoms with Crippen molar-refractivity contribution in [3.8, 4) is 0 Å². The first-order valence-electron chi connectivity index (χ1n) is 8.56. The lowest BCUT2D eigenvalue weighted by molar-refractivity contribution is 0.291. The molecule has 5 heteroatoms. The highest BCUT2D eigenvalue weighted by atomic mass is 32.1. The predicted molar refractivity (Wildman–Crippen MR) is 98.1 cm³/mol. The number of aryl methyl sites for hydroxylation is 1. The molecule has 2 aliphatic rings. The molecule has 0 aromatic carbocycles. The summed E-state index contributed by atoms with van der Waals surface area (Å²) in [6, 6.07) is 1.74. The van der Waals surface area contributed by atoms with Gasteiger partial charge in [-0.05, 0) is 44.8 Å². The molecule has 0 aliphatic heterocycles. The van der Waals surface area contributed by atoms with E-state index in [4.69, 9.17) is 5.11 Å². The fraction of sp³-hybridized carbons (Fsp3) is 0.765. The summed E-state index contributed by atoms with van der Waals surface area (Å²) in [6.45, 7) is 1.86. The van der Waals surface area contributed by atoms with Gasteiger partial charge in [-0.1, -0.05) is 38.5 Å². The molecule has 2 aliphatic carbocycles. The molecule has 0 unspecified atom stereocenters. The van der Waals surface area contributed by atoms with Crippen molar-refractivity contribution in [1.29, 1.82) is 0 Å². The molecule has 1 aromatic heterocycles. The third-order valence-electron chi connectivity index (χ3n) is 4.48. The average molecular weight is 341 g/mol. The van der Waals surface area contributed by atoms with Crippen LogP contribution < -0.4 is 5.32 Å². The number of hydrogen-bond acceptors (Lipinski definition) is 4. The molecule has 3 nitrogen and oxygen atoms in total. The number of thiocarbonyl (C=S) groups is 1. The van der Waals surface area contributed by atoms with E-state index < -0.39 is 0 Å². The van der Waals surface area contributed by atoms with Crippen molar-refractivity contribution in [3.05, 3.63) is 16.1 Å². The average Bonchev–Trinajstić information content (AvgIpc) is 2.97. The highest BCUT2D eigenvalue weighted by Gasteiger charge is 2.19. The molecular formula is C17H28N2OS2. The Morgan fingerprint density at radius 3 is 1.91 bits per heavy atom. The van der Waals surface area contributed by atoms with Gasteiger partial charge in [-0.15, -0.1) is 11.3 Å². The quantitative estimate of drug-likeness (QED) is 0.766. The maximum Gasteiger partial charge on any atom is 0.218 e. The van der Waals surface area contributed by atoms with Crippen LogP contribution in [0.2, 0.25) is 0 Å². The van der Waals surface area contributed by atoms with Crippen LogP contribution in [0.3, 0.4) is 0 Å². The van der Waals surface area contributed by atoms with Crippen LogP contribution in [0, 0.1) is 6.92 Å². The standard InChI is InChI=1S/C12H23N.C5H5NOS2/c1-3-7-11(8-4-1)13-12-9-5-2-6-10-12;1-3-2-9-4(6-3)5(7)8/h11-13H,1-10H2;2H,1H3,(H,7,8). The van der Waals surface area contributed by atoms with E-state index in [0.29, 0.717) is 5.01 Å². The smallest absolute Gasteiger partial charge is 0.218 e. The van der Waals surface area contributed by atoms with Crippen LogP contribution in [0.1, 0.15) is 74.9 Å². The number of nitrogens with one attached hydrogen (secondary N) is 1. The SMILES string of the molecule is C1CCC(NC2CCCCC2)CC1.Cc1csc(C(O)=S)n1. The van der Waals surface area contributed by atoms with Crippen LogP contribution in [0.5, 0.6) is 0 Å². The molecule has 2 saturated carbocycles. The van der Waals surface area contributed by atoms with Crippen LogP contribution >= 0.6 is 23.6 Å². The summed E-state index contributed by atoms with van der Waals surface area (Å²) in [4.78, 5) is 3.94. The van der Waals surface area contributed by atoms with Gasteiger partial charge in [-0.3, -0.25) is 0 Å². The molecular weight excluding hydrogens is 312 g/mol. The zero-order valence-corrected chi connectivity index (χ0v) is 15.1. The molecule has 22 heavy (non-hydrogen) atoms. The summed E-state index contributed by atoms with van der Waals surface area (Å²) in [6.07, 6.45) is 14.6. The van der Waals surface area contributed by atoms with E-state index in [9.17, 15) is 0 Å². The Morgan fingerprint density at radius 1 is 1.09 bits per heavy atom. The molecule has 1 aromatic rings. The second-order valence-electron chi connectivity index (χ2n) is 6.44. The third kappa shape index (κ3) is 6.31. The van der Waals surface area contributed by atoms with Gasteiger partial charge < -0.3 is 10.4 Å². The lowest BCUT2D eigenvalue weighted by atomic mass is 9.91. The second-order valence-corrected chi connectivity index (χ2v) is 7.68. The Kier molecular flexibility index (Phi) is 7.76. The van der Waals surface area contributed by atoms with E-state index in [-0.39, 0.29) is 5.05 Å². The molecule has 124 valence electrons. The molecule has 1 heterocycles. The minimum absolute atomic E-state index is 0.117. The lowest BCUT2D eigenvalue weighted by Crippen LogP contribution is -2.40. The summed E-state index contributed by atoms with van der Waals surface area (Å²) < 4.78 is 0. The second kappa shape index (κ2) is 9.58. The van der Waals surface area contributed by atoms with E-state index in [2.05, 4.69) is 22.5 Å². The zero-order chi connectivity index (χ0) is 15.8. The van der Waals surface area contributed by atoms with Gasteiger partial charge >= 0.3 is 0 Å². The molecule has 3 rings (SSSR count). The van der Waals surface area contributed by atoms with Crippen LogP contribution in [-0.2, 0) is 0 Å². The number of thiazole rings is 1. The Hall–Kier alpha value is -0.520. The molecule has 2 N–H and O–H groups in total. The van der Waals surface area contributed by atoms with E-state index >= 15 is 0 Å². The van der Waals surface area contributed by atoms with E-state index in [1.807, 2.05) is 12.3 Å². The third-order valence-corrected chi connectivity index (χ3v) is 5.77. The van der Waals surface area contributed by atoms with Crippen molar-refractivity contribution in [2.75, 3.05) is 0 Å². The monoisotopic (exact) mass is 340 g/mol. The summed E-state index contributed by atoms with van der Waals surface area (Å²) >= 11 is 5.83. The largest absolute Gasteiger partial charge is 0.497 e. The Balaban J connectivity index is 0.000000172. The normalized spacial score (nSPS) is 20.2. The number of nitrogens with zero attached hydrogens (tertiary/aromatic N) is 1. The summed E-state index contributed by atoms with van der Waals surface area (Å²) in [7, 11) is 0. The van der Waals surface area contributed by atoms with E-state index in [1.165, 1.54) is 75.5 Å². The topological polar surface area (TPSA) is 45.1 Å². The summed E-state index contributed by atoms with van der Waals surface area (Å²) in [5, 5.41) is 14.8. The summed E-state index contributed by atoms with van der Waals surface area (Å²) in [5.41, 5.74) is 0.895. The zero-order valence-electron chi connectivity index (χ0n) is 13.5. The molecule has 0 spiro atoms.